The molecule has 2 N–H and O–H groups in total. The van der Waals surface area contributed by atoms with E-state index in [1.165, 1.54) is 18.5 Å². The molecule has 3 rings (SSSR count). The van der Waals surface area contributed by atoms with Crippen molar-refractivity contribution in [1.82, 2.24) is 9.97 Å². The van der Waals surface area contributed by atoms with Gasteiger partial charge in [0.25, 0.3) is 0 Å². The summed E-state index contributed by atoms with van der Waals surface area (Å²) in [6, 6.07) is 10.7. The van der Waals surface area contributed by atoms with E-state index in [1.807, 2.05) is 32.3 Å². The van der Waals surface area contributed by atoms with Crippen LogP contribution in [0.2, 0.25) is 0 Å². The first-order valence-electron chi connectivity index (χ1n) is 6.85. The third kappa shape index (κ3) is 3.17. The second-order valence-corrected chi connectivity index (χ2v) is 5.25. The van der Waals surface area contributed by atoms with Crippen molar-refractivity contribution < 1.29 is 0 Å². The van der Waals surface area contributed by atoms with Crippen molar-refractivity contribution in [1.29, 1.82) is 0 Å². The number of benzene rings is 1. The lowest BCUT2D eigenvalue weighted by molar-refractivity contribution is 1.08. The van der Waals surface area contributed by atoms with Crippen LogP contribution in [0.25, 0.3) is 0 Å². The molecule has 0 radical (unpaired) electrons. The molecule has 1 fully saturated rings. The van der Waals surface area contributed by atoms with E-state index in [9.17, 15) is 0 Å². The van der Waals surface area contributed by atoms with Crippen LogP contribution >= 0.6 is 0 Å². The van der Waals surface area contributed by atoms with E-state index in [2.05, 4.69) is 37.6 Å². The molecule has 0 unspecified atom stereocenters. The van der Waals surface area contributed by atoms with Gasteiger partial charge in [-0.2, -0.15) is 4.98 Å². The number of anilines is 4. The zero-order chi connectivity index (χ0) is 13.9. The molecule has 5 nitrogen and oxygen atoms in total. The summed E-state index contributed by atoms with van der Waals surface area (Å²) in [6.07, 6.45) is 4.24. The fraction of sp³-hybridized carbons (Fsp3) is 0.333. The Bertz CT molecular complexity index is 575. The average Bonchev–Trinajstić information content (AvgIpc) is 3.24. The molecule has 1 aliphatic rings. The molecule has 0 bridgehead atoms. The highest BCUT2D eigenvalue weighted by molar-refractivity contribution is 5.59. The third-order valence-corrected chi connectivity index (χ3v) is 3.22. The van der Waals surface area contributed by atoms with Crippen LogP contribution in [-0.2, 0) is 0 Å². The number of hydrogen-bond acceptors (Lipinski definition) is 5. The van der Waals surface area contributed by atoms with Gasteiger partial charge in [0.1, 0.15) is 5.82 Å². The zero-order valence-corrected chi connectivity index (χ0v) is 11.8. The predicted octanol–water partition coefficient (Wildman–Crippen LogP) is 2.86. The molecule has 0 saturated heterocycles. The summed E-state index contributed by atoms with van der Waals surface area (Å²) in [7, 11) is 4.05. The molecule has 1 heterocycles. The van der Waals surface area contributed by atoms with Crippen LogP contribution in [0.1, 0.15) is 12.8 Å². The van der Waals surface area contributed by atoms with Crippen LogP contribution in [0.4, 0.5) is 23.1 Å². The fourth-order valence-corrected chi connectivity index (χ4v) is 1.91. The van der Waals surface area contributed by atoms with Gasteiger partial charge in [-0.1, -0.05) is 0 Å². The molecule has 104 valence electrons. The summed E-state index contributed by atoms with van der Waals surface area (Å²) in [5.41, 5.74) is 2.15. The van der Waals surface area contributed by atoms with Gasteiger partial charge in [0.2, 0.25) is 5.95 Å². The Morgan fingerprint density at radius 1 is 1.10 bits per heavy atom. The molecule has 1 saturated carbocycles. The van der Waals surface area contributed by atoms with Crippen LogP contribution in [-0.4, -0.2) is 30.1 Å². The van der Waals surface area contributed by atoms with E-state index in [4.69, 9.17) is 0 Å². The molecule has 5 heteroatoms. The van der Waals surface area contributed by atoms with Crippen molar-refractivity contribution >= 4 is 23.1 Å². The van der Waals surface area contributed by atoms with Crippen LogP contribution < -0.4 is 15.5 Å². The van der Waals surface area contributed by atoms with Crippen molar-refractivity contribution in [3.63, 3.8) is 0 Å². The third-order valence-electron chi connectivity index (χ3n) is 3.22. The van der Waals surface area contributed by atoms with E-state index in [-0.39, 0.29) is 0 Å². The second-order valence-electron chi connectivity index (χ2n) is 5.25. The predicted molar refractivity (Wildman–Crippen MR) is 82.7 cm³/mol. The minimum absolute atomic E-state index is 0.595. The van der Waals surface area contributed by atoms with Crippen LogP contribution in [0.15, 0.2) is 36.5 Å². The molecular formula is C15H19N5. The van der Waals surface area contributed by atoms with Gasteiger partial charge in [-0.25, -0.2) is 4.98 Å². The summed E-state index contributed by atoms with van der Waals surface area (Å²) < 4.78 is 0. The topological polar surface area (TPSA) is 53.1 Å². The van der Waals surface area contributed by atoms with Gasteiger partial charge >= 0.3 is 0 Å². The molecule has 0 atom stereocenters. The van der Waals surface area contributed by atoms with Gasteiger partial charge in [-0.15, -0.1) is 0 Å². The van der Waals surface area contributed by atoms with Crippen molar-refractivity contribution in [2.24, 2.45) is 0 Å². The Kier molecular flexibility index (Phi) is 3.41. The van der Waals surface area contributed by atoms with Crippen molar-refractivity contribution in [2.45, 2.75) is 18.9 Å². The van der Waals surface area contributed by atoms with Gasteiger partial charge in [-0.3, -0.25) is 0 Å². The highest BCUT2D eigenvalue weighted by Gasteiger charge is 2.21. The van der Waals surface area contributed by atoms with Crippen molar-refractivity contribution in [3.8, 4) is 0 Å². The number of aromatic nitrogens is 2. The lowest BCUT2D eigenvalue weighted by Gasteiger charge is -2.13. The van der Waals surface area contributed by atoms with E-state index < -0.39 is 0 Å². The SMILES string of the molecule is CN(C)c1ccc(Nc2nccc(NC3CC3)n2)cc1. The van der Waals surface area contributed by atoms with Gasteiger partial charge in [-0.05, 0) is 43.2 Å². The maximum Gasteiger partial charge on any atom is 0.229 e. The fourth-order valence-electron chi connectivity index (χ4n) is 1.91. The second kappa shape index (κ2) is 5.36. The molecule has 0 aliphatic heterocycles. The minimum atomic E-state index is 0.595. The van der Waals surface area contributed by atoms with Gasteiger partial charge < -0.3 is 15.5 Å². The van der Waals surface area contributed by atoms with Crippen LogP contribution in [0.3, 0.4) is 0 Å². The Labute approximate surface area is 119 Å². The Balaban J connectivity index is 1.69. The normalized spacial score (nSPS) is 13.9. The summed E-state index contributed by atoms with van der Waals surface area (Å²) in [6.45, 7) is 0. The maximum atomic E-state index is 4.46. The van der Waals surface area contributed by atoms with E-state index in [0.29, 0.717) is 12.0 Å². The molecule has 0 amide bonds. The highest BCUT2D eigenvalue weighted by Crippen LogP contribution is 2.24. The quantitative estimate of drug-likeness (QED) is 0.874. The van der Waals surface area contributed by atoms with E-state index >= 15 is 0 Å². The molecule has 1 aromatic heterocycles. The Morgan fingerprint density at radius 3 is 2.50 bits per heavy atom. The monoisotopic (exact) mass is 269 g/mol. The first-order chi connectivity index (χ1) is 9.70. The molecule has 0 spiro atoms. The number of hydrogen-bond donors (Lipinski definition) is 2. The van der Waals surface area contributed by atoms with Gasteiger partial charge in [0.05, 0.1) is 0 Å². The maximum absolute atomic E-state index is 4.46. The first kappa shape index (κ1) is 12.7. The molecule has 2 aromatic rings. The highest BCUT2D eigenvalue weighted by atomic mass is 15.2. The summed E-state index contributed by atoms with van der Waals surface area (Å²) in [4.78, 5) is 10.8. The van der Waals surface area contributed by atoms with Crippen LogP contribution in [0, 0.1) is 0 Å². The molecule has 1 aromatic carbocycles. The van der Waals surface area contributed by atoms with E-state index in [0.717, 1.165) is 11.5 Å². The van der Waals surface area contributed by atoms with E-state index in [1.54, 1.807) is 6.20 Å². The van der Waals surface area contributed by atoms with Crippen molar-refractivity contribution in [2.75, 3.05) is 29.6 Å². The Hall–Kier alpha value is -2.30. The first-order valence-corrected chi connectivity index (χ1v) is 6.85. The zero-order valence-electron chi connectivity index (χ0n) is 11.8. The summed E-state index contributed by atoms with van der Waals surface area (Å²) in [5, 5.41) is 6.59. The summed E-state index contributed by atoms with van der Waals surface area (Å²) >= 11 is 0. The number of nitrogens with zero attached hydrogens (tertiary/aromatic N) is 3. The minimum Gasteiger partial charge on any atom is -0.378 e. The van der Waals surface area contributed by atoms with Gasteiger partial charge in [0, 0.05) is 37.7 Å². The average molecular weight is 269 g/mol. The summed E-state index contributed by atoms with van der Waals surface area (Å²) in [5.74, 6) is 1.50. The number of rotatable bonds is 5. The molecule has 1 aliphatic carbocycles. The largest absolute Gasteiger partial charge is 0.378 e. The lowest BCUT2D eigenvalue weighted by Crippen LogP contribution is -2.08. The van der Waals surface area contributed by atoms with Crippen molar-refractivity contribution in [3.05, 3.63) is 36.5 Å². The standard InChI is InChI=1S/C15H19N5/c1-20(2)13-7-5-12(6-8-13)18-15-16-10-9-14(19-15)17-11-3-4-11/h5-11H,3-4H2,1-2H3,(H2,16,17,18,19). The van der Waals surface area contributed by atoms with Crippen LogP contribution in [0.5, 0.6) is 0 Å². The Morgan fingerprint density at radius 2 is 1.85 bits per heavy atom. The molecular weight excluding hydrogens is 250 g/mol. The van der Waals surface area contributed by atoms with Gasteiger partial charge in [0.15, 0.2) is 0 Å². The lowest BCUT2D eigenvalue weighted by atomic mass is 10.2. The molecule has 20 heavy (non-hydrogen) atoms. The smallest absolute Gasteiger partial charge is 0.229 e. The number of nitrogens with one attached hydrogen (secondary N) is 2.